The van der Waals surface area contributed by atoms with Gasteiger partial charge in [0.25, 0.3) is 5.69 Å². The van der Waals surface area contributed by atoms with Gasteiger partial charge in [0.15, 0.2) is 6.10 Å². The number of aromatic nitrogens is 1. The first-order valence-electron chi connectivity index (χ1n) is 5.61. The van der Waals surface area contributed by atoms with Crippen LogP contribution >= 0.6 is 0 Å². The fourth-order valence-electron chi connectivity index (χ4n) is 1.90. The van der Waals surface area contributed by atoms with Crippen LogP contribution in [0.5, 0.6) is 0 Å². The van der Waals surface area contributed by atoms with Crippen LogP contribution in [-0.2, 0) is 4.79 Å². The number of nitrogens with zero attached hydrogens (tertiary/aromatic N) is 2. The van der Waals surface area contributed by atoms with E-state index in [0.29, 0.717) is 0 Å². The van der Waals surface area contributed by atoms with Gasteiger partial charge in [0, 0.05) is 17.8 Å². The summed E-state index contributed by atoms with van der Waals surface area (Å²) >= 11 is 0. The van der Waals surface area contributed by atoms with E-state index in [0.717, 1.165) is 0 Å². The Balaban J connectivity index is 2.65. The highest BCUT2D eigenvalue weighted by atomic mass is 16.6. The minimum atomic E-state index is -1.82. The standard InChI is InChI=1S/C12H11N3O5/c13-12(18)11(17)10(16)7-3-4-8(15(19)20)6-2-1-5-14-9(6)7/h1-5,10-11,16-17H,(H2,13,18). The molecular weight excluding hydrogens is 266 g/mol. The number of primary amides is 1. The molecule has 1 aromatic carbocycles. The Bertz CT molecular complexity index is 688. The van der Waals surface area contributed by atoms with Gasteiger partial charge in [0.1, 0.15) is 6.10 Å². The average molecular weight is 277 g/mol. The van der Waals surface area contributed by atoms with Crippen molar-refractivity contribution in [2.24, 2.45) is 5.73 Å². The maximum Gasteiger partial charge on any atom is 0.278 e. The highest BCUT2D eigenvalue weighted by Gasteiger charge is 2.27. The Kier molecular flexibility index (Phi) is 3.59. The van der Waals surface area contributed by atoms with E-state index in [2.05, 4.69) is 4.98 Å². The number of rotatable bonds is 4. The summed E-state index contributed by atoms with van der Waals surface area (Å²) in [6.45, 7) is 0. The number of carbonyl (C=O) groups excluding carboxylic acids is 1. The predicted octanol–water partition coefficient (Wildman–Crippen LogP) is 0.0226. The molecule has 1 aromatic heterocycles. The first-order chi connectivity index (χ1) is 9.43. The normalized spacial score (nSPS) is 13.9. The molecule has 0 saturated heterocycles. The molecular formula is C12H11N3O5. The summed E-state index contributed by atoms with van der Waals surface area (Å²) in [6.07, 6.45) is -2.04. The average Bonchev–Trinajstić information content (AvgIpc) is 2.44. The second-order valence-corrected chi connectivity index (χ2v) is 4.12. The molecule has 0 aliphatic rings. The minimum absolute atomic E-state index is 0.0949. The van der Waals surface area contributed by atoms with E-state index >= 15 is 0 Å². The fraction of sp³-hybridized carbons (Fsp3) is 0.167. The second kappa shape index (κ2) is 5.19. The molecule has 2 atom stereocenters. The summed E-state index contributed by atoms with van der Waals surface area (Å²) in [4.78, 5) is 25.2. The van der Waals surface area contributed by atoms with Crippen molar-refractivity contribution in [3.8, 4) is 0 Å². The van der Waals surface area contributed by atoms with Crippen molar-refractivity contribution in [1.29, 1.82) is 0 Å². The quantitative estimate of drug-likeness (QED) is 0.531. The molecule has 0 radical (unpaired) electrons. The third-order valence-electron chi connectivity index (χ3n) is 2.88. The lowest BCUT2D eigenvalue weighted by Gasteiger charge is -2.16. The first-order valence-corrected chi connectivity index (χ1v) is 5.61. The predicted molar refractivity (Wildman–Crippen MR) is 68.6 cm³/mol. The van der Waals surface area contributed by atoms with Crippen LogP contribution in [0.2, 0.25) is 0 Å². The number of nitro benzene ring substituents is 1. The third kappa shape index (κ3) is 2.29. The van der Waals surface area contributed by atoms with Crippen LogP contribution in [0.4, 0.5) is 5.69 Å². The molecule has 0 aliphatic heterocycles. The van der Waals surface area contributed by atoms with Crippen LogP contribution in [-0.4, -0.2) is 32.1 Å². The van der Waals surface area contributed by atoms with Crippen LogP contribution in [0.1, 0.15) is 11.7 Å². The monoisotopic (exact) mass is 277 g/mol. The summed E-state index contributed by atoms with van der Waals surface area (Å²) in [5.41, 5.74) is 4.96. The van der Waals surface area contributed by atoms with Crippen molar-refractivity contribution in [2.45, 2.75) is 12.2 Å². The zero-order valence-corrected chi connectivity index (χ0v) is 10.1. The van der Waals surface area contributed by atoms with Gasteiger partial charge < -0.3 is 15.9 Å². The number of amides is 1. The van der Waals surface area contributed by atoms with Gasteiger partial charge in [0.05, 0.1) is 15.8 Å². The SMILES string of the molecule is NC(=O)C(O)C(O)c1ccc([N+](=O)[O-])c2cccnc12. The molecule has 104 valence electrons. The number of hydrogen-bond acceptors (Lipinski definition) is 6. The van der Waals surface area contributed by atoms with E-state index in [9.17, 15) is 25.1 Å². The highest BCUT2D eigenvalue weighted by Crippen LogP contribution is 2.31. The third-order valence-corrected chi connectivity index (χ3v) is 2.88. The number of aliphatic hydroxyl groups is 2. The topological polar surface area (TPSA) is 140 Å². The number of fused-ring (bicyclic) bond motifs is 1. The van der Waals surface area contributed by atoms with E-state index in [-0.39, 0.29) is 22.2 Å². The second-order valence-electron chi connectivity index (χ2n) is 4.12. The van der Waals surface area contributed by atoms with E-state index in [1.165, 1.54) is 30.5 Å². The van der Waals surface area contributed by atoms with Crippen molar-refractivity contribution in [3.05, 3.63) is 46.1 Å². The summed E-state index contributed by atoms with van der Waals surface area (Å²) in [6, 6.07) is 5.39. The molecule has 4 N–H and O–H groups in total. The Labute approximate surface area is 112 Å². The number of aliphatic hydroxyl groups excluding tert-OH is 2. The molecule has 2 unspecified atom stereocenters. The van der Waals surface area contributed by atoms with Crippen LogP contribution in [0.3, 0.4) is 0 Å². The van der Waals surface area contributed by atoms with E-state index in [4.69, 9.17) is 5.73 Å². The summed E-state index contributed by atoms with van der Waals surface area (Å²) in [7, 11) is 0. The van der Waals surface area contributed by atoms with Crippen molar-refractivity contribution in [1.82, 2.24) is 4.98 Å². The van der Waals surface area contributed by atoms with Crippen LogP contribution < -0.4 is 5.73 Å². The summed E-state index contributed by atoms with van der Waals surface area (Å²) in [5, 5.41) is 30.6. The Hall–Kier alpha value is -2.58. The molecule has 0 spiro atoms. The van der Waals surface area contributed by atoms with Crippen LogP contribution in [0, 0.1) is 10.1 Å². The van der Waals surface area contributed by atoms with Gasteiger partial charge in [-0.25, -0.2) is 0 Å². The minimum Gasteiger partial charge on any atom is -0.385 e. The zero-order chi connectivity index (χ0) is 14.9. The molecule has 8 heteroatoms. The van der Waals surface area contributed by atoms with Gasteiger partial charge in [-0.05, 0) is 18.2 Å². The number of hydrogen-bond donors (Lipinski definition) is 3. The largest absolute Gasteiger partial charge is 0.385 e. The molecule has 8 nitrogen and oxygen atoms in total. The lowest BCUT2D eigenvalue weighted by Crippen LogP contribution is -2.34. The van der Waals surface area contributed by atoms with Crippen molar-refractivity contribution in [3.63, 3.8) is 0 Å². The van der Waals surface area contributed by atoms with Gasteiger partial charge in [-0.3, -0.25) is 19.9 Å². The zero-order valence-electron chi connectivity index (χ0n) is 10.1. The van der Waals surface area contributed by atoms with Gasteiger partial charge >= 0.3 is 0 Å². The lowest BCUT2D eigenvalue weighted by atomic mass is 9.99. The van der Waals surface area contributed by atoms with Gasteiger partial charge in [-0.2, -0.15) is 0 Å². The Morgan fingerprint density at radius 1 is 1.35 bits per heavy atom. The van der Waals surface area contributed by atoms with Crippen molar-refractivity contribution in [2.75, 3.05) is 0 Å². The number of pyridine rings is 1. The number of non-ortho nitro benzene ring substituents is 1. The van der Waals surface area contributed by atoms with E-state index in [1.54, 1.807) is 0 Å². The number of carbonyl (C=O) groups is 1. The molecule has 20 heavy (non-hydrogen) atoms. The Morgan fingerprint density at radius 3 is 2.65 bits per heavy atom. The van der Waals surface area contributed by atoms with Crippen molar-refractivity contribution >= 4 is 22.5 Å². The fourth-order valence-corrected chi connectivity index (χ4v) is 1.90. The molecule has 0 aliphatic carbocycles. The molecule has 2 rings (SSSR count). The number of nitro groups is 1. The summed E-state index contributed by atoms with van der Waals surface area (Å²) in [5.74, 6) is -1.10. The maximum atomic E-state index is 10.9. The van der Waals surface area contributed by atoms with Gasteiger partial charge in [-0.1, -0.05) is 0 Å². The Morgan fingerprint density at radius 2 is 2.05 bits per heavy atom. The maximum absolute atomic E-state index is 10.9. The van der Waals surface area contributed by atoms with Crippen LogP contribution in [0.15, 0.2) is 30.5 Å². The van der Waals surface area contributed by atoms with Gasteiger partial charge in [-0.15, -0.1) is 0 Å². The number of nitrogens with two attached hydrogens (primary N) is 1. The molecule has 2 aromatic rings. The number of benzene rings is 1. The van der Waals surface area contributed by atoms with E-state index < -0.39 is 23.0 Å². The van der Waals surface area contributed by atoms with Crippen LogP contribution in [0.25, 0.3) is 10.9 Å². The smallest absolute Gasteiger partial charge is 0.278 e. The van der Waals surface area contributed by atoms with E-state index in [1.807, 2.05) is 0 Å². The molecule has 0 saturated carbocycles. The van der Waals surface area contributed by atoms with Gasteiger partial charge in [0.2, 0.25) is 5.91 Å². The first kappa shape index (κ1) is 13.8. The highest BCUT2D eigenvalue weighted by molar-refractivity contribution is 5.91. The summed E-state index contributed by atoms with van der Waals surface area (Å²) < 4.78 is 0. The molecule has 1 amide bonds. The molecule has 0 bridgehead atoms. The molecule has 0 fully saturated rings. The molecule has 1 heterocycles. The lowest BCUT2D eigenvalue weighted by molar-refractivity contribution is -0.383. The van der Waals surface area contributed by atoms with Crippen molar-refractivity contribution < 1.29 is 19.9 Å².